The Labute approximate surface area is 230 Å². The molecule has 1 atom stereocenters. The number of rotatable bonds is 7. The molecule has 9 heteroatoms. The Bertz CT molecular complexity index is 1680. The van der Waals surface area contributed by atoms with E-state index in [2.05, 4.69) is 0 Å². The number of nitrogens with zero attached hydrogens (tertiary/aromatic N) is 3. The minimum atomic E-state index is -0.819. The number of methoxy groups -OCH3 is 1. The average Bonchev–Trinajstić information content (AvgIpc) is 3.40. The van der Waals surface area contributed by atoms with Crippen molar-refractivity contribution in [3.05, 3.63) is 90.6 Å². The Hall–Kier alpha value is -3.98. The van der Waals surface area contributed by atoms with Crippen LogP contribution in [-0.2, 0) is 14.3 Å². The van der Waals surface area contributed by atoms with Gasteiger partial charge in [-0.25, -0.2) is 9.79 Å². The number of hydrogen-bond acceptors (Lipinski definition) is 7. The van der Waals surface area contributed by atoms with Crippen molar-refractivity contribution in [1.29, 1.82) is 0 Å². The third-order valence-electron chi connectivity index (χ3n) is 6.91. The first-order valence-electron chi connectivity index (χ1n) is 13.1. The van der Waals surface area contributed by atoms with Gasteiger partial charge < -0.3 is 14.4 Å². The van der Waals surface area contributed by atoms with Gasteiger partial charge in [0, 0.05) is 17.2 Å². The standard InChI is InChI=1S/C30H31N3O5S/c1-6-12-20-24(29(36)38-7-2)25(19-14-9-11-16-22(19)37-5)33-28(35)26(39-30(33)31-20)23-18-13-8-10-15-21(18)32(17(3)4)27(23)34/h8-11,13-17,25H,6-7,12H2,1-5H3/b26-23+/t25-/m1/s1. The number of carbonyl (C=O) groups is 2. The number of anilines is 1. The maximum absolute atomic E-state index is 14.3. The van der Waals surface area contributed by atoms with Crippen LogP contribution in [0.2, 0.25) is 0 Å². The predicted octanol–water partition coefficient (Wildman–Crippen LogP) is 3.71. The van der Waals surface area contributed by atoms with Crippen molar-refractivity contribution in [2.24, 2.45) is 4.99 Å². The highest BCUT2D eigenvalue weighted by atomic mass is 32.1. The molecule has 2 aliphatic heterocycles. The van der Waals surface area contributed by atoms with E-state index in [1.165, 1.54) is 15.9 Å². The van der Waals surface area contributed by atoms with Gasteiger partial charge in [0.2, 0.25) is 0 Å². The highest BCUT2D eigenvalue weighted by Crippen LogP contribution is 2.38. The molecule has 5 rings (SSSR count). The van der Waals surface area contributed by atoms with Crippen LogP contribution in [0.1, 0.15) is 57.7 Å². The highest BCUT2D eigenvalue weighted by molar-refractivity contribution is 7.07. The summed E-state index contributed by atoms with van der Waals surface area (Å²) in [5.41, 5.74) is 3.01. The van der Waals surface area contributed by atoms with Crippen LogP contribution < -0.4 is 24.5 Å². The molecule has 2 aliphatic rings. The van der Waals surface area contributed by atoms with E-state index in [1.54, 1.807) is 25.0 Å². The van der Waals surface area contributed by atoms with Crippen molar-refractivity contribution in [3.8, 4) is 5.75 Å². The second-order valence-corrected chi connectivity index (χ2v) is 10.6. The Kier molecular flexibility index (Phi) is 7.27. The quantitative estimate of drug-likeness (QED) is 0.422. The molecule has 0 radical (unpaired) electrons. The van der Waals surface area contributed by atoms with Gasteiger partial charge in [0.25, 0.3) is 11.5 Å². The number of aromatic nitrogens is 1. The lowest BCUT2D eigenvalue weighted by molar-refractivity contribution is -0.139. The molecule has 3 aromatic rings. The minimum Gasteiger partial charge on any atom is -0.496 e. The minimum absolute atomic E-state index is 0.0900. The molecule has 202 valence electrons. The number of carbonyl (C=O) groups excluding carboxylic acids is 2. The van der Waals surface area contributed by atoms with Gasteiger partial charge in [-0.2, -0.15) is 0 Å². The smallest absolute Gasteiger partial charge is 0.338 e. The number of fused-ring (bicyclic) bond motifs is 2. The summed E-state index contributed by atoms with van der Waals surface area (Å²) in [6.45, 7) is 7.84. The normalized spacial score (nSPS) is 17.7. The van der Waals surface area contributed by atoms with E-state index >= 15 is 0 Å². The number of amides is 1. The molecular formula is C30H31N3O5S. The summed E-state index contributed by atoms with van der Waals surface area (Å²) in [6, 6.07) is 13.9. The number of thiazole rings is 1. The van der Waals surface area contributed by atoms with Crippen molar-refractivity contribution in [1.82, 2.24) is 4.57 Å². The molecule has 1 amide bonds. The summed E-state index contributed by atoms with van der Waals surface area (Å²) in [5, 5.41) is 0. The van der Waals surface area contributed by atoms with Crippen LogP contribution >= 0.6 is 11.3 Å². The van der Waals surface area contributed by atoms with Crippen molar-refractivity contribution in [3.63, 3.8) is 0 Å². The van der Waals surface area contributed by atoms with Crippen molar-refractivity contribution >= 4 is 34.5 Å². The summed E-state index contributed by atoms with van der Waals surface area (Å²) >= 11 is 1.18. The molecule has 0 aliphatic carbocycles. The molecule has 1 aromatic heterocycles. The SMILES string of the molecule is CCCC1=C(C(=O)OCC)[C@@H](c2ccccc2OC)n2c(s/c(=C3/C(=O)N(C(C)C)c4ccccc43)c2=O)=N1. The number of allylic oxidation sites excluding steroid dienone is 1. The van der Waals surface area contributed by atoms with Crippen LogP contribution in [0.15, 0.2) is 69.6 Å². The maximum atomic E-state index is 14.3. The molecule has 0 saturated heterocycles. The van der Waals surface area contributed by atoms with Crippen LogP contribution in [-0.4, -0.2) is 36.2 Å². The van der Waals surface area contributed by atoms with Gasteiger partial charge in [0.05, 0.1) is 36.2 Å². The van der Waals surface area contributed by atoms with E-state index in [-0.39, 0.29) is 24.1 Å². The summed E-state index contributed by atoms with van der Waals surface area (Å²) in [5.74, 6) is -0.205. The zero-order valence-electron chi connectivity index (χ0n) is 22.7. The summed E-state index contributed by atoms with van der Waals surface area (Å²) < 4.78 is 13.0. The molecule has 2 aromatic carbocycles. The lowest BCUT2D eigenvalue weighted by Gasteiger charge is -2.26. The molecule has 0 fully saturated rings. The average molecular weight is 546 g/mol. The lowest BCUT2D eigenvalue weighted by Crippen LogP contribution is -2.41. The Balaban J connectivity index is 1.88. The molecule has 0 saturated carbocycles. The zero-order chi connectivity index (χ0) is 27.8. The van der Waals surface area contributed by atoms with Gasteiger partial charge >= 0.3 is 5.97 Å². The summed E-state index contributed by atoms with van der Waals surface area (Å²) in [4.78, 5) is 48.5. The Morgan fingerprint density at radius 2 is 1.79 bits per heavy atom. The van der Waals surface area contributed by atoms with Crippen LogP contribution in [0, 0.1) is 0 Å². The topological polar surface area (TPSA) is 90.2 Å². The second kappa shape index (κ2) is 10.6. The van der Waals surface area contributed by atoms with E-state index in [1.807, 2.05) is 63.2 Å². The monoisotopic (exact) mass is 545 g/mol. The van der Waals surface area contributed by atoms with Crippen LogP contribution in [0.3, 0.4) is 0 Å². The largest absolute Gasteiger partial charge is 0.496 e. The molecule has 3 heterocycles. The van der Waals surface area contributed by atoms with Gasteiger partial charge in [-0.3, -0.25) is 14.2 Å². The number of para-hydroxylation sites is 2. The molecule has 0 spiro atoms. The van der Waals surface area contributed by atoms with Gasteiger partial charge in [-0.05, 0) is 39.3 Å². The predicted molar refractivity (Wildman–Crippen MR) is 151 cm³/mol. The van der Waals surface area contributed by atoms with Crippen molar-refractivity contribution < 1.29 is 19.1 Å². The first-order valence-corrected chi connectivity index (χ1v) is 14.0. The van der Waals surface area contributed by atoms with Crippen molar-refractivity contribution in [2.45, 2.75) is 52.6 Å². The Morgan fingerprint density at radius 3 is 2.49 bits per heavy atom. The van der Waals surface area contributed by atoms with Crippen molar-refractivity contribution in [2.75, 3.05) is 18.6 Å². The first kappa shape index (κ1) is 26.6. The third kappa shape index (κ3) is 4.30. The van der Waals surface area contributed by atoms with Crippen LogP contribution in [0.25, 0.3) is 5.57 Å². The molecule has 0 N–H and O–H groups in total. The van der Waals surface area contributed by atoms with Crippen LogP contribution in [0.4, 0.5) is 5.69 Å². The fourth-order valence-electron chi connectivity index (χ4n) is 5.33. The van der Waals surface area contributed by atoms with Gasteiger partial charge in [0.15, 0.2) is 4.80 Å². The van der Waals surface area contributed by atoms with Gasteiger partial charge in [-0.1, -0.05) is 61.1 Å². The van der Waals surface area contributed by atoms with Gasteiger partial charge in [-0.15, -0.1) is 0 Å². The number of ether oxygens (including phenoxy) is 2. The zero-order valence-corrected chi connectivity index (χ0v) is 23.5. The van der Waals surface area contributed by atoms with Gasteiger partial charge in [0.1, 0.15) is 16.3 Å². The van der Waals surface area contributed by atoms with E-state index in [4.69, 9.17) is 14.5 Å². The lowest BCUT2D eigenvalue weighted by atomic mass is 9.93. The van der Waals surface area contributed by atoms with E-state index in [9.17, 15) is 14.4 Å². The number of benzene rings is 2. The fraction of sp³-hybridized carbons (Fsp3) is 0.333. The molecule has 0 bridgehead atoms. The van der Waals surface area contributed by atoms with E-state index in [0.29, 0.717) is 49.5 Å². The van der Waals surface area contributed by atoms with E-state index < -0.39 is 12.0 Å². The highest BCUT2D eigenvalue weighted by Gasteiger charge is 2.39. The fourth-order valence-corrected chi connectivity index (χ4v) is 6.44. The summed E-state index contributed by atoms with van der Waals surface area (Å²) in [6.07, 6.45) is 1.27. The third-order valence-corrected chi connectivity index (χ3v) is 7.96. The van der Waals surface area contributed by atoms with Crippen LogP contribution in [0.5, 0.6) is 5.75 Å². The number of esters is 1. The molecular weight excluding hydrogens is 514 g/mol. The first-order chi connectivity index (χ1) is 18.8. The van der Waals surface area contributed by atoms with E-state index in [0.717, 1.165) is 12.1 Å². The molecule has 39 heavy (non-hydrogen) atoms. The number of hydrogen-bond donors (Lipinski definition) is 0. The molecule has 0 unspecified atom stereocenters. The molecule has 8 nitrogen and oxygen atoms in total. The Morgan fingerprint density at radius 1 is 1.08 bits per heavy atom. The maximum Gasteiger partial charge on any atom is 0.338 e. The summed E-state index contributed by atoms with van der Waals surface area (Å²) in [7, 11) is 1.56. The second-order valence-electron chi connectivity index (χ2n) is 9.64.